The number of nitrogens with one attached hydrogen (secondary N) is 1. The molecular formula is C14H11FN2O. The molecule has 0 spiro atoms. The second-order valence-corrected chi connectivity index (χ2v) is 4.27. The van der Waals surface area contributed by atoms with Crippen LogP contribution >= 0.6 is 0 Å². The van der Waals surface area contributed by atoms with Crippen molar-refractivity contribution in [1.29, 1.82) is 0 Å². The zero-order valence-corrected chi connectivity index (χ0v) is 9.74. The zero-order chi connectivity index (χ0) is 12.7. The molecule has 0 fully saturated rings. The number of fused-ring (bicyclic) bond motifs is 1. The fourth-order valence-corrected chi connectivity index (χ4v) is 1.96. The minimum Gasteiger partial charge on any atom is -0.507 e. The Morgan fingerprint density at radius 2 is 2.00 bits per heavy atom. The van der Waals surface area contributed by atoms with Gasteiger partial charge in [-0.1, -0.05) is 6.07 Å². The lowest BCUT2D eigenvalue weighted by Crippen LogP contribution is -1.83. The van der Waals surface area contributed by atoms with Crippen molar-refractivity contribution in [3.05, 3.63) is 47.8 Å². The molecule has 0 unspecified atom stereocenters. The van der Waals surface area contributed by atoms with Crippen LogP contribution in [0.15, 0.2) is 36.4 Å². The Hall–Kier alpha value is -2.36. The molecule has 4 heteroatoms. The molecule has 0 aliphatic rings. The van der Waals surface area contributed by atoms with Gasteiger partial charge in [0, 0.05) is 6.07 Å². The van der Waals surface area contributed by atoms with Crippen molar-refractivity contribution < 1.29 is 9.50 Å². The van der Waals surface area contributed by atoms with Crippen molar-refractivity contribution >= 4 is 11.0 Å². The lowest BCUT2D eigenvalue weighted by molar-refractivity contribution is 0.471. The van der Waals surface area contributed by atoms with Crippen molar-refractivity contribution in [3.8, 4) is 17.1 Å². The third-order valence-electron chi connectivity index (χ3n) is 2.85. The van der Waals surface area contributed by atoms with Crippen molar-refractivity contribution in [3.63, 3.8) is 0 Å². The van der Waals surface area contributed by atoms with E-state index in [2.05, 4.69) is 9.97 Å². The Balaban J connectivity index is 2.19. The minimum atomic E-state index is -0.469. The van der Waals surface area contributed by atoms with E-state index in [1.807, 2.05) is 25.1 Å². The van der Waals surface area contributed by atoms with Crippen molar-refractivity contribution in [1.82, 2.24) is 9.97 Å². The highest BCUT2D eigenvalue weighted by atomic mass is 19.1. The van der Waals surface area contributed by atoms with E-state index < -0.39 is 5.82 Å². The number of aryl methyl sites for hydroxylation is 1. The fourth-order valence-electron chi connectivity index (χ4n) is 1.96. The molecule has 2 N–H and O–H groups in total. The minimum absolute atomic E-state index is 0.120. The third-order valence-corrected chi connectivity index (χ3v) is 2.85. The Kier molecular flexibility index (Phi) is 2.30. The van der Waals surface area contributed by atoms with Gasteiger partial charge < -0.3 is 10.1 Å². The Morgan fingerprint density at radius 3 is 2.78 bits per heavy atom. The number of halogens is 1. The van der Waals surface area contributed by atoms with Gasteiger partial charge in [-0.3, -0.25) is 0 Å². The van der Waals surface area contributed by atoms with E-state index in [4.69, 9.17) is 0 Å². The monoisotopic (exact) mass is 242 g/mol. The molecule has 0 aliphatic heterocycles. The quantitative estimate of drug-likeness (QED) is 0.687. The summed E-state index contributed by atoms with van der Waals surface area (Å²) in [6.07, 6.45) is 0. The number of hydrogen-bond donors (Lipinski definition) is 2. The summed E-state index contributed by atoms with van der Waals surface area (Å²) in [4.78, 5) is 7.50. The first kappa shape index (κ1) is 10.8. The number of rotatable bonds is 1. The van der Waals surface area contributed by atoms with Crippen LogP contribution in [0.1, 0.15) is 5.56 Å². The summed E-state index contributed by atoms with van der Waals surface area (Å²) in [5.74, 6) is -0.0536. The van der Waals surface area contributed by atoms with Crippen molar-refractivity contribution in [2.75, 3.05) is 0 Å². The molecule has 0 saturated heterocycles. The van der Waals surface area contributed by atoms with E-state index in [0.717, 1.165) is 22.7 Å². The maximum atomic E-state index is 12.9. The predicted octanol–water partition coefficient (Wildman–Crippen LogP) is 3.38. The van der Waals surface area contributed by atoms with Crippen LogP contribution in [0.3, 0.4) is 0 Å². The number of phenolic OH excluding ortho intramolecular Hbond substituents is 1. The van der Waals surface area contributed by atoms with Crippen LogP contribution in [0.25, 0.3) is 22.4 Å². The first-order chi connectivity index (χ1) is 8.63. The van der Waals surface area contributed by atoms with Gasteiger partial charge in [0.15, 0.2) is 0 Å². The highest BCUT2D eigenvalue weighted by Crippen LogP contribution is 2.29. The Morgan fingerprint density at radius 1 is 1.17 bits per heavy atom. The normalized spacial score (nSPS) is 11.0. The van der Waals surface area contributed by atoms with Crippen LogP contribution in [-0.2, 0) is 0 Å². The number of imidazole rings is 1. The van der Waals surface area contributed by atoms with Gasteiger partial charge in [0.1, 0.15) is 17.4 Å². The molecule has 18 heavy (non-hydrogen) atoms. The molecule has 3 nitrogen and oxygen atoms in total. The van der Waals surface area contributed by atoms with Crippen molar-refractivity contribution in [2.24, 2.45) is 0 Å². The largest absolute Gasteiger partial charge is 0.507 e. The summed E-state index contributed by atoms with van der Waals surface area (Å²) in [6.45, 7) is 2.00. The fraction of sp³-hybridized carbons (Fsp3) is 0.0714. The molecule has 0 radical (unpaired) electrons. The van der Waals surface area contributed by atoms with Gasteiger partial charge in [-0.05, 0) is 36.8 Å². The number of aromatic hydroxyl groups is 1. The van der Waals surface area contributed by atoms with Gasteiger partial charge in [0.25, 0.3) is 0 Å². The first-order valence-corrected chi connectivity index (χ1v) is 5.59. The molecule has 0 bridgehead atoms. The second-order valence-electron chi connectivity index (χ2n) is 4.27. The zero-order valence-electron chi connectivity index (χ0n) is 9.74. The molecule has 2 aromatic carbocycles. The summed E-state index contributed by atoms with van der Waals surface area (Å²) in [5.41, 5.74) is 3.33. The lowest BCUT2D eigenvalue weighted by atomic mass is 10.2. The number of aromatic amines is 1. The average Bonchev–Trinajstić information content (AvgIpc) is 2.71. The van der Waals surface area contributed by atoms with E-state index in [1.54, 1.807) is 0 Å². The van der Waals surface area contributed by atoms with Gasteiger partial charge in [-0.2, -0.15) is 0 Å². The van der Waals surface area contributed by atoms with Gasteiger partial charge >= 0.3 is 0 Å². The van der Waals surface area contributed by atoms with Crippen LogP contribution in [0.5, 0.6) is 5.75 Å². The van der Waals surface area contributed by atoms with E-state index >= 15 is 0 Å². The lowest BCUT2D eigenvalue weighted by Gasteiger charge is -2.00. The maximum absolute atomic E-state index is 12.9. The highest BCUT2D eigenvalue weighted by Gasteiger charge is 2.10. The summed E-state index contributed by atoms with van der Waals surface area (Å²) >= 11 is 0. The third kappa shape index (κ3) is 1.72. The molecule has 3 aromatic rings. The van der Waals surface area contributed by atoms with E-state index in [1.165, 1.54) is 12.1 Å². The predicted molar refractivity (Wildman–Crippen MR) is 67.9 cm³/mol. The number of aromatic nitrogens is 2. The smallest absolute Gasteiger partial charge is 0.142 e. The van der Waals surface area contributed by atoms with E-state index in [9.17, 15) is 9.50 Å². The number of benzene rings is 2. The highest BCUT2D eigenvalue weighted by molar-refractivity contribution is 5.81. The number of H-pyrrole nitrogens is 1. The molecule has 0 aliphatic carbocycles. The van der Waals surface area contributed by atoms with E-state index in [0.29, 0.717) is 11.4 Å². The molecule has 1 heterocycles. The van der Waals surface area contributed by atoms with Crippen LogP contribution in [0.2, 0.25) is 0 Å². The molecule has 3 rings (SSSR count). The summed E-state index contributed by atoms with van der Waals surface area (Å²) in [6, 6.07) is 9.74. The molecule has 90 valence electrons. The van der Waals surface area contributed by atoms with Crippen LogP contribution < -0.4 is 0 Å². The number of phenols is 1. The second kappa shape index (κ2) is 3.84. The summed E-state index contributed by atoms with van der Waals surface area (Å²) < 4.78 is 12.9. The molecule has 0 saturated carbocycles. The standard InChI is InChI=1S/C14H11FN2O/c1-8-2-5-11-12(6-8)17-14(16-11)10-4-3-9(15)7-13(10)18/h2-7,18H,1H3,(H,16,17). The van der Waals surface area contributed by atoms with Crippen LogP contribution in [0, 0.1) is 12.7 Å². The van der Waals surface area contributed by atoms with E-state index in [-0.39, 0.29) is 5.75 Å². The van der Waals surface area contributed by atoms with Crippen LogP contribution in [0.4, 0.5) is 4.39 Å². The van der Waals surface area contributed by atoms with Gasteiger partial charge in [0.2, 0.25) is 0 Å². The van der Waals surface area contributed by atoms with Gasteiger partial charge in [-0.15, -0.1) is 0 Å². The van der Waals surface area contributed by atoms with Gasteiger partial charge in [-0.25, -0.2) is 9.37 Å². The topological polar surface area (TPSA) is 48.9 Å². The maximum Gasteiger partial charge on any atom is 0.142 e. The average molecular weight is 242 g/mol. The summed E-state index contributed by atoms with van der Waals surface area (Å²) in [5, 5.41) is 9.72. The number of nitrogens with zero attached hydrogens (tertiary/aromatic N) is 1. The number of hydrogen-bond acceptors (Lipinski definition) is 2. The molecule has 1 aromatic heterocycles. The summed E-state index contributed by atoms with van der Waals surface area (Å²) in [7, 11) is 0. The molecule has 0 amide bonds. The SMILES string of the molecule is Cc1ccc2nc(-c3ccc(F)cc3O)[nH]c2c1. The Labute approximate surface area is 103 Å². The van der Waals surface area contributed by atoms with Gasteiger partial charge in [0.05, 0.1) is 16.6 Å². The van der Waals surface area contributed by atoms with Crippen LogP contribution in [-0.4, -0.2) is 15.1 Å². The van der Waals surface area contributed by atoms with Crippen molar-refractivity contribution in [2.45, 2.75) is 6.92 Å². The molecule has 0 atom stereocenters. The first-order valence-electron chi connectivity index (χ1n) is 5.59. The molecular weight excluding hydrogens is 231 g/mol. The Bertz CT molecular complexity index is 734.